The number of aliphatic hydroxyl groups is 1. The van der Waals surface area contributed by atoms with Crippen LogP contribution < -0.4 is 0 Å². The van der Waals surface area contributed by atoms with Crippen molar-refractivity contribution in [1.82, 2.24) is 0 Å². The van der Waals surface area contributed by atoms with Gasteiger partial charge in [0.15, 0.2) is 5.78 Å². The first-order valence-electron chi connectivity index (χ1n) is 3.88. The minimum atomic E-state index is -0.730. The normalized spacial score (nSPS) is 35.4. The van der Waals surface area contributed by atoms with Crippen LogP contribution in [0.3, 0.4) is 0 Å². The summed E-state index contributed by atoms with van der Waals surface area (Å²) in [5.74, 6) is 0.224. The fourth-order valence-electron chi connectivity index (χ4n) is 1.75. The molecule has 1 fully saturated rings. The van der Waals surface area contributed by atoms with Crippen molar-refractivity contribution in [3.8, 4) is 0 Å². The molecule has 0 aliphatic heterocycles. The molecule has 2 nitrogen and oxygen atoms in total. The standard InChI is InChI=1S/C9H10O2/c10-8-5-6-3-1-2-4-7(6)9(8)11/h1-2,4,6,8,10H,3,5H2. The molecule has 0 bridgehead atoms. The van der Waals surface area contributed by atoms with Gasteiger partial charge in [-0.05, 0) is 18.8 Å². The zero-order valence-electron chi connectivity index (χ0n) is 6.16. The summed E-state index contributed by atoms with van der Waals surface area (Å²) in [6.07, 6.45) is 6.56. The maximum absolute atomic E-state index is 11.2. The molecule has 0 amide bonds. The zero-order chi connectivity index (χ0) is 7.84. The fourth-order valence-corrected chi connectivity index (χ4v) is 1.75. The van der Waals surface area contributed by atoms with Crippen LogP contribution in [0.2, 0.25) is 0 Å². The molecule has 2 heteroatoms. The van der Waals surface area contributed by atoms with Gasteiger partial charge in [-0.25, -0.2) is 0 Å². The van der Waals surface area contributed by atoms with Crippen molar-refractivity contribution in [2.75, 3.05) is 0 Å². The number of rotatable bonds is 0. The minimum Gasteiger partial charge on any atom is -0.385 e. The Morgan fingerprint density at radius 3 is 3.09 bits per heavy atom. The molecule has 0 aromatic heterocycles. The highest BCUT2D eigenvalue weighted by Crippen LogP contribution is 2.33. The molecule has 0 heterocycles. The molecular weight excluding hydrogens is 140 g/mol. The summed E-state index contributed by atoms with van der Waals surface area (Å²) in [5, 5.41) is 9.21. The van der Waals surface area contributed by atoms with Crippen molar-refractivity contribution in [2.24, 2.45) is 5.92 Å². The number of allylic oxidation sites excluding steroid dienone is 3. The van der Waals surface area contributed by atoms with Gasteiger partial charge in [-0.15, -0.1) is 0 Å². The van der Waals surface area contributed by atoms with Gasteiger partial charge in [-0.1, -0.05) is 18.2 Å². The molecule has 2 rings (SSSR count). The van der Waals surface area contributed by atoms with Crippen LogP contribution in [-0.2, 0) is 4.79 Å². The molecule has 2 unspecified atom stereocenters. The monoisotopic (exact) mass is 150 g/mol. The maximum atomic E-state index is 11.2. The Bertz CT molecular complexity index is 250. The number of carbonyl (C=O) groups excluding carboxylic acids is 1. The van der Waals surface area contributed by atoms with E-state index in [2.05, 4.69) is 0 Å². The van der Waals surface area contributed by atoms with Gasteiger partial charge in [-0.3, -0.25) is 4.79 Å². The zero-order valence-corrected chi connectivity index (χ0v) is 6.16. The third-order valence-electron chi connectivity index (χ3n) is 2.37. The Morgan fingerprint density at radius 1 is 1.55 bits per heavy atom. The second-order valence-electron chi connectivity index (χ2n) is 3.10. The molecule has 11 heavy (non-hydrogen) atoms. The van der Waals surface area contributed by atoms with Crippen LogP contribution in [0.4, 0.5) is 0 Å². The SMILES string of the molecule is O=C1C2=CC=CCC2CC1O. The van der Waals surface area contributed by atoms with Crippen molar-refractivity contribution < 1.29 is 9.90 Å². The molecule has 0 aromatic carbocycles. The predicted octanol–water partition coefficient (Wildman–Crippen LogP) is 0.823. The van der Waals surface area contributed by atoms with Crippen LogP contribution in [0.25, 0.3) is 0 Å². The molecule has 2 atom stereocenters. The topological polar surface area (TPSA) is 37.3 Å². The lowest BCUT2D eigenvalue weighted by atomic mass is 9.95. The van der Waals surface area contributed by atoms with Gasteiger partial charge in [0.1, 0.15) is 6.10 Å². The molecule has 0 aromatic rings. The number of fused-ring (bicyclic) bond motifs is 1. The summed E-state index contributed by atoms with van der Waals surface area (Å²) >= 11 is 0. The van der Waals surface area contributed by atoms with E-state index in [1.807, 2.05) is 18.2 Å². The lowest BCUT2D eigenvalue weighted by Gasteiger charge is -2.09. The van der Waals surface area contributed by atoms with Crippen molar-refractivity contribution in [2.45, 2.75) is 18.9 Å². The van der Waals surface area contributed by atoms with E-state index in [-0.39, 0.29) is 5.78 Å². The van der Waals surface area contributed by atoms with E-state index in [1.54, 1.807) is 0 Å². The van der Waals surface area contributed by atoms with Crippen LogP contribution in [-0.4, -0.2) is 17.0 Å². The Kier molecular flexibility index (Phi) is 1.43. The van der Waals surface area contributed by atoms with E-state index in [1.165, 1.54) is 0 Å². The lowest BCUT2D eigenvalue weighted by molar-refractivity contribution is -0.121. The summed E-state index contributed by atoms with van der Waals surface area (Å²) < 4.78 is 0. The van der Waals surface area contributed by atoms with Gasteiger partial charge in [-0.2, -0.15) is 0 Å². The van der Waals surface area contributed by atoms with Crippen molar-refractivity contribution in [1.29, 1.82) is 0 Å². The van der Waals surface area contributed by atoms with Crippen LogP contribution in [0.1, 0.15) is 12.8 Å². The Balaban J connectivity index is 2.33. The number of Topliss-reactive ketones (excluding diaryl/α,β-unsaturated/α-hetero) is 1. The van der Waals surface area contributed by atoms with Gasteiger partial charge >= 0.3 is 0 Å². The molecule has 0 radical (unpaired) electrons. The average molecular weight is 150 g/mol. The number of aliphatic hydroxyl groups excluding tert-OH is 1. The number of hydrogen-bond acceptors (Lipinski definition) is 2. The van der Waals surface area contributed by atoms with Crippen LogP contribution in [0, 0.1) is 5.92 Å². The molecule has 2 aliphatic carbocycles. The quantitative estimate of drug-likeness (QED) is 0.555. The largest absolute Gasteiger partial charge is 0.385 e. The number of hydrogen-bond donors (Lipinski definition) is 1. The van der Waals surface area contributed by atoms with Crippen LogP contribution in [0.5, 0.6) is 0 Å². The van der Waals surface area contributed by atoms with E-state index in [0.717, 1.165) is 12.0 Å². The first-order valence-corrected chi connectivity index (χ1v) is 3.88. The fraction of sp³-hybridized carbons (Fsp3) is 0.444. The second kappa shape index (κ2) is 2.31. The molecular formula is C9H10O2. The summed E-state index contributed by atoms with van der Waals surface area (Å²) in [6.45, 7) is 0. The van der Waals surface area contributed by atoms with E-state index in [4.69, 9.17) is 0 Å². The van der Waals surface area contributed by atoms with Crippen molar-refractivity contribution in [3.63, 3.8) is 0 Å². The van der Waals surface area contributed by atoms with Crippen molar-refractivity contribution in [3.05, 3.63) is 23.8 Å². The Labute approximate surface area is 65.2 Å². The summed E-state index contributed by atoms with van der Waals surface area (Å²) in [7, 11) is 0. The highest BCUT2D eigenvalue weighted by molar-refractivity contribution is 6.01. The molecule has 1 N–H and O–H groups in total. The summed E-state index contributed by atoms with van der Waals surface area (Å²) in [5.41, 5.74) is 0.819. The molecule has 2 aliphatic rings. The van der Waals surface area contributed by atoms with E-state index in [9.17, 15) is 9.90 Å². The minimum absolute atomic E-state index is 0.0700. The second-order valence-corrected chi connectivity index (χ2v) is 3.10. The number of carbonyl (C=O) groups is 1. The highest BCUT2D eigenvalue weighted by Gasteiger charge is 2.35. The van der Waals surface area contributed by atoms with Gasteiger partial charge in [0.25, 0.3) is 0 Å². The highest BCUT2D eigenvalue weighted by atomic mass is 16.3. The van der Waals surface area contributed by atoms with E-state index >= 15 is 0 Å². The lowest BCUT2D eigenvalue weighted by Crippen LogP contribution is -2.12. The van der Waals surface area contributed by atoms with Crippen LogP contribution in [0.15, 0.2) is 23.8 Å². The smallest absolute Gasteiger partial charge is 0.187 e. The van der Waals surface area contributed by atoms with Crippen LogP contribution >= 0.6 is 0 Å². The molecule has 0 saturated heterocycles. The predicted molar refractivity (Wildman–Crippen MR) is 41.0 cm³/mol. The summed E-state index contributed by atoms with van der Waals surface area (Å²) in [4.78, 5) is 11.2. The molecule has 1 saturated carbocycles. The Hall–Kier alpha value is -0.890. The van der Waals surface area contributed by atoms with Gasteiger partial charge in [0.05, 0.1) is 0 Å². The summed E-state index contributed by atoms with van der Waals surface area (Å²) in [6, 6.07) is 0. The van der Waals surface area contributed by atoms with E-state index in [0.29, 0.717) is 12.3 Å². The van der Waals surface area contributed by atoms with E-state index < -0.39 is 6.10 Å². The third kappa shape index (κ3) is 0.942. The maximum Gasteiger partial charge on any atom is 0.187 e. The molecule has 58 valence electrons. The average Bonchev–Trinajstić information content (AvgIpc) is 2.30. The third-order valence-corrected chi connectivity index (χ3v) is 2.37. The van der Waals surface area contributed by atoms with Gasteiger partial charge < -0.3 is 5.11 Å². The Morgan fingerprint density at radius 2 is 2.36 bits per heavy atom. The molecule has 0 spiro atoms. The number of ketones is 1. The van der Waals surface area contributed by atoms with Gasteiger partial charge in [0.2, 0.25) is 0 Å². The van der Waals surface area contributed by atoms with Crippen molar-refractivity contribution >= 4 is 5.78 Å². The van der Waals surface area contributed by atoms with Gasteiger partial charge in [0, 0.05) is 5.57 Å². The first-order chi connectivity index (χ1) is 5.29. The first kappa shape index (κ1) is 6.80.